The normalized spacial score (nSPS) is 11.5. The Kier molecular flexibility index (Phi) is 4.49. The second kappa shape index (κ2) is 5.67. The molecule has 0 aromatic carbocycles. The zero-order valence-corrected chi connectivity index (χ0v) is 9.57. The fraction of sp³-hybridized carbons (Fsp3) is 0.500. The Labute approximate surface area is 101 Å². The summed E-state index contributed by atoms with van der Waals surface area (Å²) in [7, 11) is 0. The fourth-order valence-electron chi connectivity index (χ4n) is 1.18. The summed E-state index contributed by atoms with van der Waals surface area (Å²) in [6.45, 7) is 0.397. The Hall–Kier alpha value is -1.83. The predicted molar refractivity (Wildman–Crippen MR) is 56.3 cm³/mol. The van der Waals surface area contributed by atoms with Crippen LogP contribution in [0.15, 0.2) is 10.9 Å². The predicted octanol–water partition coefficient (Wildman–Crippen LogP) is 0.873. The van der Waals surface area contributed by atoms with Gasteiger partial charge in [-0.3, -0.25) is 9.59 Å². The van der Waals surface area contributed by atoms with Gasteiger partial charge in [0.1, 0.15) is 0 Å². The number of hydrogen-bond donors (Lipinski definition) is 2. The van der Waals surface area contributed by atoms with Crippen molar-refractivity contribution in [2.24, 2.45) is 0 Å². The quantitative estimate of drug-likeness (QED) is 0.742. The number of nitrogens with zero attached hydrogens (tertiary/aromatic N) is 1. The molecule has 0 aliphatic carbocycles. The molecule has 1 heterocycles. The Morgan fingerprint density at radius 3 is 2.83 bits per heavy atom. The number of rotatable bonds is 6. The van der Waals surface area contributed by atoms with Crippen molar-refractivity contribution < 1.29 is 23.4 Å². The number of carbonyl (C=O) groups is 1. The van der Waals surface area contributed by atoms with E-state index in [9.17, 15) is 18.4 Å². The molecule has 0 aliphatic rings. The molecule has 1 aromatic heterocycles. The molecule has 0 saturated heterocycles. The van der Waals surface area contributed by atoms with Crippen LogP contribution in [0.3, 0.4) is 0 Å². The monoisotopic (exact) mass is 262 g/mol. The third-order valence-electron chi connectivity index (χ3n) is 2.04. The number of carboxylic acid groups (broad SMARTS) is 1. The highest BCUT2D eigenvalue weighted by molar-refractivity contribution is 5.66. The largest absolute Gasteiger partial charge is 0.481 e. The van der Waals surface area contributed by atoms with Gasteiger partial charge in [-0.2, -0.15) is 5.10 Å². The second-order valence-corrected chi connectivity index (χ2v) is 3.69. The second-order valence-electron chi connectivity index (χ2n) is 3.69. The number of alkyl halides is 2. The molecule has 0 radical (unpaired) electrons. The molecule has 6 nitrogen and oxygen atoms in total. The van der Waals surface area contributed by atoms with Crippen LogP contribution >= 0.6 is 0 Å². The summed E-state index contributed by atoms with van der Waals surface area (Å²) < 4.78 is 31.0. The summed E-state index contributed by atoms with van der Waals surface area (Å²) in [6.07, 6.45) is -0.194. The van der Waals surface area contributed by atoms with E-state index in [1.165, 1.54) is 0 Å². The van der Waals surface area contributed by atoms with Crippen LogP contribution < -0.4 is 5.56 Å². The van der Waals surface area contributed by atoms with Gasteiger partial charge in [-0.15, -0.1) is 0 Å². The number of nitrogens with one attached hydrogen (secondary N) is 1. The molecular formula is C10H12F2N2O4. The number of aromatic nitrogens is 2. The smallest absolute Gasteiger partial charge is 0.305 e. The molecule has 18 heavy (non-hydrogen) atoms. The fourth-order valence-corrected chi connectivity index (χ4v) is 1.18. The highest BCUT2D eigenvalue weighted by Gasteiger charge is 2.28. The minimum atomic E-state index is -3.27. The van der Waals surface area contributed by atoms with E-state index in [0.29, 0.717) is 6.92 Å². The van der Waals surface area contributed by atoms with E-state index in [1.54, 1.807) is 0 Å². The van der Waals surface area contributed by atoms with Crippen molar-refractivity contribution in [2.45, 2.75) is 25.9 Å². The third kappa shape index (κ3) is 4.21. The minimum Gasteiger partial charge on any atom is -0.481 e. The van der Waals surface area contributed by atoms with E-state index in [0.717, 1.165) is 6.07 Å². The van der Waals surface area contributed by atoms with Crippen molar-refractivity contribution in [3.63, 3.8) is 0 Å². The van der Waals surface area contributed by atoms with E-state index in [1.807, 2.05) is 5.10 Å². The van der Waals surface area contributed by atoms with Crippen molar-refractivity contribution >= 4 is 5.97 Å². The minimum absolute atomic E-state index is 0.0615. The first kappa shape index (κ1) is 14.2. The molecule has 8 heteroatoms. The van der Waals surface area contributed by atoms with E-state index in [4.69, 9.17) is 9.84 Å². The molecule has 2 N–H and O–H groups in total. The molecule has 0 aliphatic heterocycles. The molecule has 0 amide bonds. The van der Waals surface area contributed by atoms with Gasteiger partial charge in [0, 0.05) is 6.92 Å². The number of hydrogen-bond acceptors (Lipinski definition) is 4. The first-order chi connectivity index (χ1) is 8.30. The molecule has 0 fully saturated rings. The summed E-state index contributed by atoms with van der Waals surface area (Å²) in [5.74, 6) is -4.29. The molecule has 0 unspecified atom stereocenters. The van der Waals surface area contributed by atoms with Gasteiger partial charge in [0.05, 0.1) is 30.9 Å². The van der Waals surface area contributed by atoms with Gasteiger partial charge in [-0.1, -0.05) is 0 Å². The lowest BCUT2D eigenvalue weighted by Gasteiger charge is -2.10. The van der Waals surface area contributed by atoms with Gasteiger partial charge in [0.25, 0.3) is 11.5 Å². The van der Waals surface area contributed by atoms with Crippen molar-refractivity contribution in [3.05, 3.63) is 27.7 Å². The topological polar surface area (TPSA) is 92.3 Å². The maximum absolute atomic E-state index is 13.0. The Balaban J connectivity index is 2.68. The zero-order chi connectivity index (χ0) is 13.8. The number of aromatic amines is 1. The van der Waals surface area contributed by atoms with Crippen LogP contribution in [0.2, 0.25) is 0 Å². The summed E-state index contributed by atoms with van der Waals surface area (Å²) in [5, 5.41) is 13.8. The van der Waals surface area contributed by atoms with Crippen LogP contribution in [-0.2, 0) is 22.1 Å². The van der Waals surface area contributed by atoms with E-state index in [-0.39, 0.29) is 25.3 Å². The maximum atomic E-state index is 13.0. The number of ether oxygens (including phenoxy) is 1. The summed E-state index contributed by atoms with van der Waals surface area (Å²) >= 11 is 0. The number of H-pyrrole nitrogens is 1. The highest BCUT2D eigenvalue weighted by atomic mass is 19.3. The van der Waals surface area contributed by atoms with Gasteiger partial charge >= 0.3 is 5.97 Å². The molecule has 0 spiro atoms. The van der Waals surface area contributed by atoms with Crippen LogP contribution in [-0.4, -0.2) is 27.9 Å². The lowest BCUT2D eigenvalue weighted by Crippen LogP contribution is -2.24. The molecule has 0 saturated carbocycles. The number of aliphatic carboxylic acids is 1. The van der Waals surface area contributed by atoms with Crippen LogP contribution in [0.5, 0.6) is 0 Å². The average molecular weight is 262 g/mol. The molecular weight excluding hydrogens is 250 g/mol. The Morgan fingerprint density at radius 1 is 1.61 bits per heavy atom. The molecule has 1 aromatic rings. The van der Waals surface area contributed by atoms with Crippen LogP contribution in [0.4, 0.5) is 8.78 Å². The van der Waals surface area contributed by atoms with Gasteiger partial charge in [-0.05, 0) is 6.07 Å². The van der Waals surface area contributed by atoms with E-state index in [2.05, 4.69) is 5.10 Å². The lowest BCUT2D eigenvalue weighted by atomic mass is 10.1. The Morgan fingerprint density at radius 2 is 2.28 bits per heavy atom. The first-order valence-electron chi connectivity index (χ1n) is 5.07. The number of carboxylic acids is 1. The van der Waals surface area contributed by atoms with Gasteiger partial charge in [0.2, 0.25) is 0 Å². The van der Waals surface area contributed by atoms with Crippen LogP contribution in [0.1, 0.15) is 24.6 Å². The van der Waals surface area contributed by atoms with E-state index >= 15 is 0 Å². The molecule has 100 valence electrons. The zero-order valence-electron chi connectivity index (χ0n) is 9.57. The summed E-state index contributed by atoms with van der Waals surface area (Å²) in [6, 6.07) is 0.944. The van der Waals surface area contributed by atoms with Gasteiger partial charge in [0.15, 0.2) is 0 Å². The van der Waals surface area contributed by atoms with Crippen molar-refractivity contribution in [1.29, 1.82) is 0 Å². The van der Waals surface area contributed by atoms with Gasteiger partial charge < -0.3 is 9.84 Å². The van der Waals surface area contributed by atoms with Gasteiger partial charge in [-0.25, -0.2) is 13.9 Å². The molecule has 0 bridgehead atoms. The SMILES string of the molecule is CC(F)(F)c1cc(COCCC(=O)O)n[nH]c1=O. The number of halogens is 2. The molecule has 0 atom stereocenters. The summed E-state index contributed by atoms with van der Waals surface area (Å²) in [4.78, 5) is 21.3. The van der Waals surface area contributed by atoms with Crippen molar-refractivity contribution in [2.75, 3.05) is 6.61 Å². The van der Waals surface area contributed by atoms with Crippen molar-refractivity contribution in [1.82, 2.24) is 10.2 Å². The summed E-state index contributed by atoms with van der Waals surface area (Å²) in [5.41, 5.74) is -1.55. The lowest BCUT2D eigenvalue weighted by molar-refractivity contribution is -0.138. The first-order valence-corrected chi connectivity index (χ1v) is 5.07. The van der Waals surface area contributed by atoms with E-state index < -0.39 is 23.0 Å². The average Bonchev–Trinajstić information content (AvgIpc) is 2.24. The third-order valence-corrected chi connectivity index (χ3v) is 2.04. The maximum Gasteiger partial charge on any atom is 0.305 e. The standard InChI is InChI=1S/C10H12F2N2O4/c1-10(11,12)7-4-6(13-14-9(7)17)5-18-3-2-8(15)16/h4H,2-3,5H2,1H3,(H,14,17)(H,15,16). The Bertz CT molecular complexity index is 482. The van der Waals surface area contributed by atoms with Crippen molar-refractivity contribution in [3.8, 4) is 0 Å². The molecule has 1 rings (SSSR count). The highest BCUT2D eigenvalue weighted by Crippen LogP contribution is 2.23. The van der Waals surface area contributed by atoms with Crippen LogP contribution in [0, 0.1) is 0 Å². The van der Waals surface area contributed by atoms with Crippen LogP contribution in [0.25, 0.3) is 0 Å².